The Hall–Kier alpha value is -1.08. The van der Waals surface area contributed by atoms with Crippen molar-refractivity contribution < 1.29 is 22.3 Å². The molecule has 0 bridgehead atoms. The first-order chi connectivity index (χ1) is 8.49. The first kappa shape index (κ1) is 13.4. The predicted octanol–water partition coefficient (Wildman–Crippen LogP) is 4.65. The number of thiophene rings is 1. The van der Waals surface area contributed by atoms with E-state index in [1.165, 1.54) is 11.3 Å². The van der Waals surface area contributed by atoms with Crippen LogP contribution in [-0.2, 0) is 6.61 Å². The summed E-state index contributed by atoms with van der Waals surface area (Å²) >= 11 is 4.48. The second-order valence-corrected chi connectivity index (χ2v) is 5.23. The molecule has 0 spiro atoms. The molecule has 0 atom stereocenters. The Balaban J connectivity index is 2.24. The first-order valence-corrected chi connectivity index (χ1v) is 6.35. The summed E-state index contributed by atoms with van der Waals surface area (Å²) in [6, 6.07) is 1.81. The summed E-state index contributed by atoms with van der Waals surface area (Å²) < 4.78 is 57.8. The molecule has 7 heteroatoms. The monoisotopic (exact) mass is 340 g/mol. The maximum absolute atomic E-state index is 13.2. The Morgan fingerprint density at radius 2 is 1.67 bits per heavy atom. The van der Waals surface area contributed by atoms with Gasteiger partial charge in [0, 0.05) is 20.8 Å². The van der Waals surface area contributed by atoms with Crippen LogP contribution in [0.2, 0.25) is 0 Å². The zero-order chi connectivity index (χ0) is 13.3. The molecule has 0 aliphatic carbocycles. The van der Waals surface area contributed by atoms with Gasteiger partial charge in [-0.15, -0.1) is 11.3 Å². The van der Waals surface area contributed by atoms with E-state index in [2.05, 4.69) is 15.9 Å². The second-order valence-electron chi connectivity index (χ2n) is 3.32. The molecule has 0 amide bonds. The van der Waals surface area contributed by atoms with Crippen LogP contribution >= 0.6 is 27.3 Å². The minimum Gasteiger partial charge on any atom is -0.482 e. The highest BCUT2D eigenvalue weighted by Crippen LogP contribution is 2.28. The van der Waals surface area contributed by atoms with Crippen LogP contribution in [0.15, 0.2) is 22.0 Å². The van der Waals surface area contributed by atoms with Gasteiger partial charge in [-0.2, -0.15) is 8.78 Å². The summed E-state index contributed by atoms with van der Waals surface area (Å²) in [5, 5.41) is 1.75. The van der Waals surface area contributed by atoms with E-state index in [9.17, 15) is 17.6 Å². The van der Waals surface area contributed by atoms with E-state index < -0.39 is 29.0 Å². The fraction of sp³-hybridized carbons (Fsp3) is 0.0909. The van der Waals surface area contributed by atoms with Crippen molar-refractivity contribution in [1.82, 2.24) is 0 Å². The number of ether oxygens (including phenoxy) is 1. The van der Waals surface area contributed by atoms with Crippen LogP contribution in [0.25, 0.3) is 0 Å². The Morgan fingerprint density at radius 3 is 2.17 bits per heavy atom. The van der Waals surface area contributed by atoms with E-state index in [1.807, 2.05) is 0 Å². The van der Waals surface area contributed by atoms with Gasteiger partial charge < -0.3 is 4.74 Å². The largest absolute Gasteiger partial charge is 0.482 e. The van der Waals surface area contributed by atoms with E-state index in [-0.39, 0.29) is 12.7 Å². The van der Waals surface area contributed by atoms with E-state index in [0.29, 0.717) is 4.88 Å². The lowest BCUT2D eigenvalue weighted by molar-refractivity contribution is 0.264. The molecule has 1 aromatic heterocycles. The first-order valence-electron chi connectivity index (χ1n) is 4.67. The van der Waals surface area contributed by atoms with Crippen molar-refractivity contribution in [2.24, 2.45) is 0 Å². The van der Waals surface area contributed by atoms with Crippen LogP contribution in [0, 0.1) is 23.3 Å². The molecule has 0 aliphatic heterocycles. The summed E-state index contributed by atoms with van der Waals surface area (Å²) in [5.41, 5.74) is 0. The predicted molar refractivity (Wildman–Crippen MR) is 62.6 cm³/mol. The highest BCUT2D eigenvalue weighted by molar-refractivity contribution is 9.10. The average Bonchev–Trinajstić information content (AvgIpc) is 2.73. The van der Waals surface area contributed by atoms with Gasteiger partial charge in [-0.05, 0) is 22.0 Å². The number of halogens is 5. The lowest BCUT2D eigenvalue weighted by Gasteiger charge is -2.08. The van der Waals surface area contributed by atoms with Crippen molar-refractivity contribution in [3.8, 4) is 5.75 Å². The molecule has 1 aromatic carbocycles. The highest BCUT2D eigenvalue weighted by Gasteiger charge is 2.20. The molecular weight excluding hydrogens is 336 g/mol. The molecule has 0 fully saturated rings. The van der Waals surface area contributed by atoms with E-state index >= 15 is 0 Å². The van der Waals surface area contributed by atoms with E-state index in [0.717, 1.165) is 4.47 Å². The molecule has 18 heavy (non-hydrogen) atoms. The molecule has 1 nitrogen and oxygen atoms in total. The van der Waals surface area contributed by atoms with Crippen molar-refractivity contribution >= 4 is 27.3 Å². The fourth-order valence-corrected chi connectivity index (χ4v) is 2.61. The standard InChI is InChI=1S/C11H5BrF4OS/c12-5-1-6(18-4-5)3-17-11-9(15)7(13)2-8(14)10(11)16/h1-2,4H,3H2. The molecule has 2 rings (SSSR count). The number of hydrogen-bond acceptors (Lipinski definition) is 2. The third-order valence-corrected chi connectivity index (χ3v) is 3.72. The molecule has 2 aromatic rings. The molecule has 0 unspecified atom stereocenters. The average molecular weight is 341 g/mol. The lowest BCUT2D eigenvalue weighted by Crippen LogP contribution is -2.02. The Kier molecular flexibility index (Phi) is 3.91. The number of benzene rings is 1. The van der Waals surface area contributed by atoms with Crippen LogP contribution in [0.3, 0.4) is 0 Å². The van der Waals surface area contributed by atoms with Gasteiger partial charge in [0.05, 0.1) is 0 Å². The Labute approximate surface area is 112 Å². The summed E-state index contributed by atoms with van der Waals surface area (Å²) in [7, 11) is 0. The molecule has 96 valence electrons. The van der Waals surface area contributed by atoms with Crippen molar-refractivity contribution in [1.29, 1.82) is 0 Å². The SMILES string of the molecule is Fc1cc(F)c(F)c(OCc2cc(Br)cs2)c1F. The number of rotatable bonds is 3. The van der Waals surface area contributed by atoms with Gasteiger partial charge in [-0.25, -0.2) is 8.78 Å². The van der Waals surface area contributed by atoms with Crippen LogP contribution in [0.1, 0.15) is 4.88 Å². The highest BCUT2D eigenvalue weighted by atomic mass is 79.9. The molecule has 1 heterocycles. The molecular formula is C11H5BrF4OS. The van der Waals surface area contributed by atoms with Crippen molar-refractivity contribution in [3.05, 3.63) is 50.1 Å². The van der Waals surface area contributed by atoms with Crippen LogP contribution in [-0.4, -0.2) is 0 Å². The quantitative estimate of drug-likeness (QED) is 0.584. The minimum absolute atomic E-state index is 0.138. The zero-order valence-corrected chi connectivity index (χ0v) is 11.0. The van der Waals surface area contributed by atoms with Gasteiger partial charge in [-0.1, -0.05) is 0 Å². The van der Waals surface area contributed by atoms with Crippen molar-refractivity contribution in [3.63, 3.8) is 0 Å². The molecule has 0 radical (unpaired) electrons. The molecule has 0 saturated carbocycles. The van der Waals surface area contributed by atoms with E-state index in [1.54, 1.807) is 11.4 Å². The Morgan fingerprint density at radius 1 is 1.06 bits per heavy atom. The third-order valence-electron chi connectivity index (χ3n) is 2.05. The summed E-state index contributed by atoms with van der Waals surface area (Å²) in [5.74, 6) is -7.10. The van der Waals surface area contributed by atoms with Crippen LogP contribution < -0.4 is 4.74 Å². The number of hydrogen-bond donors (Lipinski definition) is 0. The minimum atomic E-state index is -1.54. The summed E-state index contributed by atoms with van der Waals surface area (Å²) in [6.45, 7) is -0.174. The Bertz CT molecular complexity index is 558. The fourth-order valence-electron chi connectivity index (χ4n) is 1.25. The third kappa shape index (κ3) is 2.67. The molecule has 0 aliphatic rings. The van der Waals surface area contributed by atoms with Gasteiger partial charge in [-0.3, -0.25) is 0 Å². The normalized spacial score (nSPS) is 10.7. The topological polar surface area (TPSA) is 9.23 Å². The van der Waals surface area contributed by atoms with Gasteiger partial charge in [0.15, 0.2) is 17.4 Å². The van der Waals surface area contributed by atoms with Gasteiger partial charge in [0.1, 0.15) is 6.61 Å². The van der Waals surface area contributed by atoms with Gasteiger partial charge in [0.25, 0.3) is 0 Å². The zero-order valence-electron chi connectivity index (χ0n) is 8.65. The van der Waals surface area contributed by atoms with Gasteiger partial charge >= 0.3 is 0 Å². The van der Waals surface area contributed by atoms with Crippen LogP contribution in [0.5, 0.6) is 5.75 Å². The van der Waals surface area contributed by atoms with Crippen molar-refractivity contribution in [2.75, 3.05) is 0 Å². The van der Waals surface area contributed by atoms with E-state index in [4.69, 9.17) is 4.74 Å². The maximum Gasteiger partial charge on any atom is 0.203 e. The molecule has 0 N–H and O–H groups in total. The maximum atomic E-state index is 13.2. The second kappa shape index (κ2) is 5.27. The summed E-state index contributed by atoms with van der Waals surface area (Å²) in [4.78, 5) is 0.658. The van der Waals surface area contributed by atoms with Crippen molar-refractivity contribution in [2.45, 2.75) is 6.61 Å². The smallest absolute Gasteiger partial charge is 0.203 e. The van der Waals surface area contributed by atoms with Gasteiger partial charge in [0.2, 0.25) is 11.6 Å². The molecule has 0 saturated heterocycles. The van der Waals surface area contributed by atoms with Crippen LogP contribution in [0.4, 0.5) is 17.6 Å². The summed E-state index contributed by atoms with van der Waals surface area (Å²) in [6.07, 6.45) is 0. The lowest BCUT2D eigenvalue weighted by atomic mass is 10.3.